The zero-order chi connectivity index (χ0) is 14.7. The van der Waals surface area contributed by atoms with E-state index in [1.807, 2.05) is 23.9 Å². The van der Waals surface area contributed by atoms with E-state index in [0.29, 0.717) is 11.3 Å². The van der Waals surface area contributed by atoms with Crippen molar-refractivity contribution in [3.05, 3.63) is 64.7 Å². The van der Waals surface area contributed by atoms with E-state index >= 15 is 0 Å². The Morgan fingerprint density at radius 1 is 1.19 bits per heavy atom. The normalized spacial score (nSPS) is 18.5. The van der Waals surface area contributed by atoms with Crippen molar-refractivity contribution in [2.24, 2.45) is 0 Å². The van der Waals surface area contributed by atoms with E-state index in [4.69, 9.17) is 11.6 Å². The van der Waals surface area contributed by atoms with Gasteiger partial charge in [0, 0.05) is 21.2 Å². The number of benzene rings is 2. The van der Waals surface area contributed by atoms with Crippen LogP contribution >= 0.6 is 23.4 Å². The Kier molecular flexibility index (Phi) is 4.89. The zero-order valence-corrected chi connectivity index (χ0v) is 13.8. The molecule has 0 saturated carbocycles. The fourth-order valence-electron chi connectivity index (χ4n) is 2.93. The number of hydrogen-bond acceptors (Lipinski definition) is 2. The second-order valence-electron chi connectivity index (χ2n) is 5.43. The van der Waals surface area contributed by atoms with Crippen molar-refractivity contribution in [3.8, 4) is 0 Å². The molecular formula is C18H20ClNS. The Hall–Kier alpha value is -0.960. The Labute approximate surface area is 136 Å². The average Bonchev–Trinajstić information content (AvgIpc) is 2.93. The number of nitrogens with one attached hydrogen (secondary N) is 1. The summed E-state index contributed by atoms with van der Waals surface area (Å²) >= 11 is 8.33. The summed E-state index contributed by atoms with van der Waals surface area (Å²) in [6.45, 7) is 3.16. The number of fused-ring (bicyclic) bond motifs is 1. The lowest BCUT2D eigenvalue weighted by Crippen LogP contribution is -2.39. The Morgan fingerprint density at radius 3 is 2.71 bits per heavy atom. The molecule has 3 rings (SSSR count). The van der Waals surface area contributed by atoms with E-state index in [9.17, 15) is 0 Å². The van der Waals surface area contributed by atoms with Crippen LogP contribution in [0, 0.1) is 0 Å². The monoisotopic (exact) mass is 317 g/mol. The molecule has 0 radical (unpaired) electrons. The van der Waals surface area contributed by atoms with Gasteiger partial charge in [-0.3, -0.25) is 0 Å². The Morgan fingerprint density at radius 2 is 1.95 bits per heavy atom. The summed E-state index contributed by atoms with van der Waals surface area (Å²) in [5, 5.41) is 5.11. The molecule has 0 bridgehead atoms. The van der Waals surface area contributed by atoms with Crippen molar-refractivity contribution in [2.75, 3.05) is 6.54 Å². The maximum absolute atomic E-state index is 6.33. The lowest BCUT2D eigenvalue weighted by molar-refractivity contribution is 0.506. The van der Waals surface area contributed by atoms with Crippen LogP contribution in [-0.2, 0) is 12.8 Å². The average molecular weight is 318 g/mol. The predicted molar refractivity (Wildman–Crippen MR) is 92.4 cm³/mol. The number of halogens is 1. The maximum Gasteiger partial charge on any atom is 0.0438 e. The summed E-state index contributed by atoms with van der Waals surface area (Å²) in [5.41, 5.74) is 2.72. The number of hydrogen-bond donors (Lipinski definition) is 1. The van der Waals surface area contributed by atoms with Gasteiger partial charge in [-0.15, -0.1) is 11.8 Å². The minimum Gasteiger partial charge on any atom is -0.313 e. The highest BCUT2D eigenvalue weighted by Gasteiger charge is 2.29. The molecule has 2 aromatic rings. The largest absolute Gasteiger partial charge is 0.313 e. The fourth-order valence-corrected chi connectivity index (χ4v) is 4.55. The molecule has 0 fully saturated rings. The molecule has 0 amide bonds. The molecule has 0 aromatic heterocycles. The van der Waals surface area contributed by atoms with Crippen LogP contribution in [0.15, 0.2) is 53.4 Å². The lowest BCUT2D eigenvalue weighted by atomic mass is 9.98. The first-order valence-corrected chi connectivity index (χ1v) is 8.75. The first kappa shape index (κ1) is 15.0. The molecule has 2 aromatic carbocycles. The van der Waals surface area contributed by atoms with Gasteiger partial charge < -0.3 is 5.32 Å². The van der Waals surface area contributed by atoms with Gasteiger partial charge in [0.15, 0.2) is 0 Å². The smallest absolute Gasteiger partial charge is 0.0438 e. The molecule has 21 heavy (non-hydrogen) atoms. The Balaban J connectivity index is 1.76. The highest BCUT2D eigenvalue weighted by atomic mass is 35.5. The summed E-state index contributed by atoms with van der Waals surface area (Å²) < 4.78 is 0. The van der Waals surface area contributed by atoms with Crippen molar-refractivity contribution in [3.63, 3.8) is 0 Å². The van der Waals surface area contributed by atoms with Crippen molar-refractivity contribution in [2.45, 2.75) is 36.0 Å². The van der Waals surface area contributed by atoms with E-state index in [2.05, 4.69) is 48.6 Å². The summed E-state index contributed by atoms with van der Waals surface area (Å²) in [5.74, 6) is 0. The van der Waals surface area contributed by atoms with Crippen LogP contribution in [0.5, 0.6) is 0 Å². The first-order chi connectivity index (χ1) is 10.3. The van der Waals surface area contributed by atoms with Crippen LogP contribution in [0.2, 0.25) is 5.02 Å². The predicted octanol–water partition coefficient (Wildman–Crippen LogP) is 4.58. The molecule has 2 atom stereocenters. The van der Waals surface area contributed by atoms with Gasteiger partial charge in [0.1, 0.15) is 0 Å². The second kappa shape index (κ2) is 6.87. The highest BCUT2D eigenvalue weighted by molar-refractivity contribution is 8.00. The SMILES string of the molecule is CCNC(Cc1ccccc1Cl)C1Cc2ccccc2S1. The summed E-state index contributed by atoms with van der Waals surface area (Å²) in [6, 6.07) is 17.4. The molecule has 1 aliphatic heterocycles. The molecule has 3 heteroatoms. The van der Waals surface area contributed by atoms with Crippen molar-refractivity contribution in [1.82, 2.24) is 5.32 Å². The molecular weight excluding hydrogens is 298 g/mol. The molecule has 110 valence electrons. The molecule has 2 unspecified atom stereocenters. The molecule has 1 aliphatic rings. The maximum atomic E-state index is 6.33. The van der Waals surface area contributed by atoms with Crippen molar-refractivity contribution < 1.29 is 0 Å². The minimum atomic E-state index is 0.451. The van der Waals surface area contributed by atoms with Gasteiger partial charge >= 0.3 is 0 Å². The van der Waals surface area contributed by atoms with E-state index in [1.165, 1.54) is 16.0 Å². The van der Waals surface area contributed by atoms with Crippen LogP contribution in [0.4, 0.5) is 0 Å². The van der Waals surface area contributed by atoms with Gasteiger partial charge in [0.2, 0.25) is 0 Å². The van der Waals surface area contributed by atoms with Crippen LogP contribution < -0.4 is 5.32 Å². The van der Waals surface area contributed by atoms with Crippen molar-refractivity contribution >= 4 is 23.4 Å². The Bertz CT molecular complexity index is 589. The highest BCUT2D eigenvalue weighted by Crippen LogP contribution is 2.39. The minimum absolute atomic E-state index is 0.451. The van der Waals surface area contributed by atoms with Gasteiger partial charge in [0.25, 0.3) is 0 Å². The van der Waals surface area contributed by atoms with Crippen LogP contribution in [0.1, 0.15) is 18.1 Å². The fraction of sp³-hybridized carbons (Fsp3) is 0.333. The molecule has 1 N–H and O–H groups in total. The van der Waals surface area contributed by atoms with E-state index in [0.717, 1.165) is 24.4 Å². The third kappa shape index (κ3) is 3.45. The van der Waals surface area contributed by atoms with E-state index < -0.39 is 0 Å². The van der Waals surface area contributed by atoms with E-state index in [-0.39, 0.29) is 0 Å². The standard InChI is InChI=1S/C18H20ClNS/c1-2-20-16(11-13-7-3-5-9-15(13)19)18-12-14-8-4-6-10-17(14)21-18/h3-10,16,18,20H,2,11-12H2,1H3. The van der Waals surface area contributed by atoms with Gasteiger partial charge in [-0.2, -0.15) is 0 Å². The molecule has 1 heterocycles. The molecule has 0 spiro atoms. The molecule has 1 nitrogen and oxygen atoms in total. The topological polar surface area (TPSA) is 12.0 Å². The summed E-state index contributed by atoms with van der Waals surface area (Å²) in [6.07, 6.45) is 2.13. The van der Waals surface area contributed by atoms with Crippen LogP contribution in [0.3, 0.4) is 0 Å². The van der Waals surface area contributed by atoms with Crippen LogP contribution in [0.25, 0.3) is 0 Å². The van der Waals surface area contributed by atoms with Gasteiger partial charge in [-0.05, 0) is 42.6 Å². The lowest BCUT2D eigenvalue weighted by Gasteiger charge is -2.24. The first-order valence-electron chi connectivity index (χ1n) is 7.49. The van der Waals surface area contributed by atoms with Gasteiger partial charge in [-0.1, -0.05) is 54.9 Å². The van der Waals surface area contributed by atoms with Crippen molar-refractivity contribution in [1.29, 1.82) is 0 Å². The molecule has 0 aliphatic carbocycles. The third-order valence-electron chi connectivity index (χ3n) is 3.98. The van der Waals surface area contributed by atoms with Gasteiger partial charge in [-0.25, -0.2) is 0 Å². The number of thioether (sulfide) groups is 1. The quantitative estimate of drug-likeness (QED) is 0.866. The summed E-state index contributed by atoms with van der Waals surface area (Å²) in [4.78, 5) is 1.43. The summed E-state index contributed by atoms with van der Waals surface area (Å²) in [7, 11) is 0. The number of likely N-dealkylation sites (N-methyl/N-ethyl adjacent to an activating group) is 1. The zero-order valence-electron chi connectivity index (χ0n) is 12.2. The number of rotatable bonds is 5. The third-order valence-corrected chi connectivity index (χ3v) is 5.80. The van der Waals surface area contributed by atoms with Gasteiger partial charge in [0.05, 0.1) is 0 Å². The second-order valence-corrected chi connectivity index (χ2v) is 7.12. The van der Waals surface area contributed by atoms with Crippen LogP contribution in [-0.4, -0.2) is 17.8 Å². The molecule has 0 saturated heterocycles. The van der Waals surface area contributed by atoms with E-state index in [1.54, 1.807) is 0 Å².